The SMILES string of the molecule is COc1cccc2cc(C(=O)NCCC(O)c3ccco3)oc12. The van der Waals surface area contributed by atoms with Crippen LogP contribution < -0.4 is 10.1 Å². The molecule has 0 aliphatic heterocycles. The Morgan fingerprint density at radius 2 is 2.22 bits per heavy atom. The number of hydrogen-bond acceptors (Lipinski definition) is 5. The number of hydrogen-bond donors (Lipinski definition) is 2. The van der Waals surface area contributed by atoms with E-state index in [2.05, 4.69) is 5.32 Å². The number of aliphatic hydroxyl groups excluding tert-OH is 1. The molecule has 0 fully saturated rings. The van der Waals surface area contributed by atoms with E-state index in [1.165, 1.54) is 6.26 Å². The summed E-state index contributed by atoms with van der Waals surface area (Å²) in [6, 6.07) is 10.5. The van der Waals surface area contributed by atoms with Crippen molar-refractivity contribution in [2.24, 2.45) is 0 Å². The highest BCUT2D eigenvalue weighted by Crippen LogP contribution is 2.28. The fourth-order valence-electron chi connectivity index (χ4n) is 2.34. The lowest BCUT2D eigenvalue weighted by atomic mass is 10.2. The third-order valence-corrected chi connectivity index (χ3v) is 3.53. The Balaban J connectivity index is 1.62. The lowest BCUT2D eigenvalue weighted by Gasteiger charge is -2.08. The monoisotopic (exact) mass is 315 g/mol. The molecule has 0 aliphatic carbocycles. The molecule has 23 heavy (non-hydrogen) atoms. The molecular weight excluding hydrogens is 298 g/mol. The van der Waals surface area contributed by atoms with Gasteiger partial charge in [-0.05, 0) is 30.7 Å². The van der Waals surface area contributed by atoms with Gasteiger partial charge in [0.1, 0.15) is 11.9 Å². The average molecular weight is 315 g/mol. The zero-order chi connectivity index (χ0) is 16.2. The van der Waals surface area contributed by atoms with Gasteiger partial charge in [-0.25, -0.2) is 0 Å². The zero-order valence-corrected chi connectivity index (χ0v) is 12.6. The normalized spacial score (nSPS) is 12.3. The van der Waals surface area contributed by atoms with E-state index in [1.54, 1.807) is 31.4 Å². The van der Waals surface area contributed by atoms with Crippen LogP contribution in [0, 0.1) is 0 Å². The van der Waals surface area contributed by atoms with E-state index in [1.807, 2.05) is 12.1 Å². The van der Waals surface area contributed by atoms with Crippen LogP contribution in [-0.4, -0.2) is 24.7 Å². The maximum absolute atomic E-state index is 12.1. The summed E-state index contributed by atoms with van der Waals surface area (Å²) in [4.78, 5) is 12.1. The highest BCUT2D eigenvalue weighted by molar-refractivity contribution is 5.97. The summed E-state index contributed by atoms with van der Waals surface area (Å²) in [7, 11) is 1.55. The number of benzene rings is 1. The molecule has 3 rings (SSSR count). The number of fused-ring (bicyclic) bond motifs is 1. The summed E-state index contributed by atoms with van der Waals surface area (Å²) in [5.41, 5.74) is 0.538. The zero-order valence-electron chi connectivity index (χ0n) is 12.6. The van der Waals surface area contributed by atoms with E-state index in [0.717, 1.165) is 5.39 Å². The number of ether oxygens (including phenoxy) is 1. The molecule has 0 radical (unpaired) electrons. The summed E-state index contributed by atoms with van der Waals surface area (Å²) in [6.07, 6.45) is 1.10. The largest absolute Gasteiger partial charge is 0.493 e. The van der Waals surface area contributed by atoms with E-state index in [-0.39, 0.29) is 11.7 Å². The second-order valence-electron chi connectivity index (χ2n) is 5.07. The van der Waals surface area contributed by atoms with E-state index >= 15 is 0 Å². The minimum atomic E-state index is -0.749. The summed E-state index contributed by atoms with van der Waals surface area (Å²) >= 11 is 0. The summed E-state index contributed by atoms with van der Waals surface area (Å²) < 4.78 is 15.9. The molecule has 1 aromatic carbocycles. The van der Waals surface area contributed by atoms with Crippen molar-refractivity contribution >= 4 is 16.9 Å². The summed E-state index contributed by atoms with van der Waals surface area (Å²) in [5, 5.41) is 13.4. The highest BCUT2D eigenvalue weighted by Gasteiger charge is 2.16. The van der Waals surface area contributed by atoms with Crippen molar-refractivity contribution in [1.29, 1.82) is 0 Å². The van der Waals surface area contributed by atoms with Crippen LogP contribution in [0.5, 0.6) is 5.75 Å². The Labute approximate surface area is 132 Å². The van der Waals surface area contributed by atoms with Crippen LogP contribution in [0.1, 0.15) is 28.8 Å². The van der Waals surface area contributed by atoms with Crippen LogP contribution in [0.2, 0.25) is 0 Å². The Kier molecular flexibility index (Phi) is 4.34. The average Bonchev–Trinajstić information content (AvgIpc) is 3.23. The van der Waals surface area contributed by atoms with Gasteiger partial charge in [-0.15, -0.1) is 0 Å². The molecule has 1 unspecified atom stereocenters. The lowest BCUT2D eigenvalue weighted by molar-refractivity contribution is 0.0911. The molecule has 0 bridgehead atoms. The first-order valence-corrected chi connectivity index (χ1v) is 7.25. The van der Waals surface area contributed by atoms with E-state index < -0.39 is 6.10 Å². The minimum absolute atomic E-state index is 0.206. The molecule has 3 aromatic rings. The minimum Gasteiger partial charge on any atom is -0.493 e. The maximum atomic E-state index is 12.1. The molecule has 0 saturated carbocycles. The summed E-state index contributed by atoms with van der Waals surface area (Å²) in [5.74, 6) is 0.925. The highest BCUT2D eigenvalue weighted by atomic mass is 16.5. The Hall–Kier alpha value is -2.73. The van der Waals surface area contributed by atoms with Gasteiger partial charge >= 0.3 is 0 Å². The third-order valence-electron chi connectivity index (χ3n) is 3.53. The van der Waals surface area contributed by atoms with Crippen LogP contribution in [0.4, 0.5) is 0 Å². The lowest BCUT2D eigenvalue weighted by Crippen LogP contribution is -2.25. The van der Waals surface area contributed by atoms with Gasteiger partial charge in [-0.3, -0.25) is 4.79 Å². The van der Waals surface area contributed by atoms with Gasteiger partial charge in [0.2, 0.25) is 0 Å². The topological polar surface area (TPSA) is 84.8 Å². The van der Waals surface area contributed by atoms with Gasteiger partial charge in [0, 0.05) is 11.9 Å². The van der Waals surface area contributed by atoms with Gasteiger partial charge in [-0.2, -0.15) is 0 Å². The molecule has 0 aliphatic rings. The van der Waals surface area contributed by atoms with Gasteiger partial charge in [-0.1, -0.05) is 12.1 Å². The number of carbonyl (C=O) groups excluding carboxylic acids is 1. The predicted octanol–water partition coefficient (Wildman–Crippen LogP) is 2.89. The molecule has 0 spiro atoms. The fraction of sp³-hybridized carbons (Fsp3) is 0.235. The van der Waals surface area contributed by atoms with Crippen LogP contribution in [0.25, 0.3) is 11.0 Å². The molecule has 2 N–H and O–H groups in total. The molecular formula is C17H17NO5. The van der Waals surface area contributed by atoms with Crippen molar-refractivity contribution in [3.8, 4) is 5.75 Å². The smallest absolute Gasteiger partial charge is 0.287 e. The molecule has 6 heteroatoms. The first kappa shape index (κ1) is 15.2. The number of aliphatic hydroxyl groups is 1. The van der Waals surface area contributed by atoms with Crippen molar-refractivity contribution in [3.63, 3.8) is 0 Å². The Morgan fingerprint density at radius 1 is 1.35 bits per heavy atom. The van der Waals surface area contributed by atoms with Crippen LogP contribution in [0.3, 0.4) is 0 Å². The standard InChI is InChI=1S/C17H17NO5/c1-21-14-5-2-4-11-10-15(23-16(11)14)17(20)18-8-7-12(19)13-6-3-9-22-13/h2-6,9-10,12,19H,7-8H2,1H3,(H,18,20). The first-order chi connectivity index (χ1) is 11.2. The number of nitrogens with one attached hydrogen (secondary N) is 1. The second kappa shape index (κ2) is 6.58. The van der Waals surface area contributed by atoms with Crippen molar-refractivity contribution < 1.29 is 23.5 Å². The Morgan fingerprint density at radius 3 is 2.96 bits per heavy atom. The van der Waals surface area contributed by atoms with Crippen LogP contribution >= 0.6 is 0 Å². The molecule has 0 saturated heterocycles. The quantitative estimate of drug-likeness (QED) is 0.730. The third kappa shape index (κ3) is 3.22. The maximum Gasteiger partial charge on any atom is 0.287 e. The van der Waals surface area contributed by atoms with Crippen LogP contribution in [-0.2, 0) is 0 Å². The number of para-hydroxylation sites is 1. The number of methoxy groups -OCH3 is 1. The van der Waals surface area contributed by atoms with Crippen LogP contribution in [0.15, 0.2) is 51.5 Å². The van der Waals surface area contributed by atoms with Crippen molar-refractivity contribution in [2.75, 3.05) is 13.7 Å². The van der Waals surface area contributed by atoms with Crippen molar-refractivity contribution in [3.05, 3.63) is 54.2 Å². The van der Waals surface area contributed by atoms with E-state index in [9.17, 15) is 9.90 Å². The number of rotatable bonds is 6. The molecule has 120 valence electrons. The van der Waals surface area contributed by atoms with E-state index in [4.69, 9.17) is 13.6 Å². The number of furan rings is 2. The molecule has 2 heterocycles. The van der Waals surface area contributed by atoms with Gasteiger partial charge in [0.05, 0.1) is 13.4 Å². The second-order valence-corrected chi connectivity index (χ2v) is 5.07. The summed E-state index contributed by atoms with van der Waals surface area (Å²) in [6.45, 7) is 0.300. The molecule has 1 amide bonds. The predicted molar refractivity (Wildman–Crippen MR) is 83.4 cm³/mol. The van der Waals surface area contributed by atoms with Gasteiger partial charge in [0.25, 0.3) is 5.91 Å². The number of amides is 1. The van der Waals surface area contributed by atoms with Crippen molar-refractivity contribution in [1.82, 2.24) is 5.32 Å². The van der Waals surface area contributed by atoms with Gasteiger partial charge in [0.15, 0.2) is 17.1 Å². The number of carbonyl (C=O) groups is 1. The van der Waals surface area contributed by atoms with Crippen molar-refractivity contribution in [2.45, 2.75) is 12.5 Å². The Bertz CT molecular complexity index is 791. The fourth-order valence-corrected chi connectivity index (χ4v) is 2.34. The molecule has 2 aromatic heterocycles. The van der Waals surface area contributed by atoms with Gasteiger partial charge < -0.3 is 24.0 Å². The van der Waals surface area contributed by atoms with E-state index in [0.29, 0.717) is 30.1 Å². The first-order valence-electron chi connectivity index (χ1n) is 7.25. The molecule has 6 nitrogen and oxygen atoms in total. The molecule has 1 atom stereocenters.